The summed E-state index contributed by atoms with van der Waals surface area (Å²) in [5.74, 6) is 2.24. The minimum absolute atomic E-state index is 0.0586. The maximum atomic E-state index is 13.1. The molecule has 5 heterocycles. The number of carbonyl (C=O) groups is 1. The Morgan fingerprint density at radius 2 is 2.05 bits per heavy atom. The number of hydrogen-bond acceptors (Lipinski definition) is 8. The SMILES string of the molecule is CCN(CC)C(=O)C1CCCN(c2nc(NCc3nc4ccccc4[nH]3)c3ncn(-c4ccsc4)c3n2)C1. The van der Waals surface area contributed by atoms with Crippen LogP contribution >= 0.6 is 11.3 Å². The van der Waals surface area contributed by atoms with E-state index >= 15 is 0 Å². The van der Waals surface area contributed by atoms with Crippen LogP contribution in [-0.4, -0.2) is 66.5 Å². The predicted octanol–water partition coefficient (Wildman–Crippen LogP) is 4.45. The summed E-state index contributed by atoms with van der Waals surface area (Å²) in [7, 11) is 0. The Labute approximate surface area is 224 Å². The largest absolute Gasteiger partial charge is 0.361 e. The van der Waals surface area contributed by atoms with E-state index < -0.39 is 0 Å². The highest BCUT2D eigenvalue weighted by Gasteiger charge is 2.30. The molecule has 0 radical (unpaired) electrons. The van der Waals surface area contributed by atoms with Crippen LogP contribution in [0.15, 0.2) is 47.4 Å². The van der Waals surface area contributed by atoms with Gasteiger partial charge in [-0.1, -0.05) is 12.1 Å². The van der Waals surface area contributed by atoms with E-state index in [0.717, 1.165) is 60.7 Å². The second-order valence-corrected chi connectivity index (χ2v) is 10.3. The fourth-order valence-corrected chi connectivity index (χ4v) is 5.78. The van der Waals surface area contributed by atoms with E-state index in [-0.39, 0.29) is 11.8 Å². The number of nitrogens with one attached hydrogen (secondary N) is 2. The topological polar surface area (TPSA) is 108 Å². The number of nitrogens with zero attached hydrogens (tertiary/aromatic N) is 7. The number of carbonyl (C=O) groups excluding carboxylic acids is 1. The van der Waals surface area contributed by atoms with E-state index in [4.69, 9.17) is 9.97 Å². The van der Waals surface area contributed by atoms with E-state index in [1.54, 1.807) is 17.7 Å². The first kappa shape index (κ1) is 24.4. The van der Waals surface area contributed by atoms with Crippen molar-refractivity contribution >= 4 is 51.2 Å². The number of imidazole rings is 2. The number of H-pyrrole nitrogens is 1. The van der Waals surface area contributed by atoms with E-state index in [1.807, 2.05) is 53.0 Å². The van der Waals surface area contributed by atoms with Crippen molar-refractivity contribution in [2.24, 2.45) is 5.92 Å². The molecule has 1 amide bonds. The second kappa shape index (κ2) is 10.4. The molecule has 2 N–H and O–H groups in total. The fourth-order valence-electron chi connectivity index (χ4n) is 5.15. The molecule has 1 aliphatic rings. The van der Waals surface area contributed by atoms with E-state index in [9.17, 15) is 4.79 Å². The Balaban J connectivity index is 1.34. The Bertz CT molecular complexity index is 1520. The van der Waals surface area contributed by atoms with Crippen LogP contribution in [0.1, 0.15) is 32.5 Å². The highest BCUT2D eigenvalue weighted by atomic mass is 32.1. The third-order valence-corrected chi connectivity index (χ3v) is 7.83. The number of aromatic nitrogens is 6. The molecular weight excluding hydrogens is 498 g/mol. The average Bonchev–Trinajstić information content (AvgIpc) is 3.71. The Kier molecular flexibility index (Phi) is 6.67. The highest BCUT2D eigenvalue weighted by Crippen LogP contribution is 2.29. The van der Waals surface area contributed by atoms with Crippen molar-refractivity contribution in [3.8, 4) is 5.69 Å². The Morgan fingerprint density at radius 3 is 2.84 bits per heavy atom. The minimum Gasteiger partial charge on any atom is -0.361 e. The summed E-state index contributed by atoms with van der Waals surface area (Å²) in [6, 6.07) is 10.0. The number of para-hydroxylation sites is 2. The molecule has 10 nitrogen and oxygen atoms in total. The van der Waals surface area contributed by atoms with Gasteiger partial charge in [0.15, 0.2) is 17.0 Å². The molecule has 1 fully saturated rings. The van der Waals surface area contributed by atoms with Gasteiger partial charge in [-0.15, -0.1) is 0 Å². The van der Waals surface area contributed by atoms with E-state index in [1.165, 1.54) is 0 Å². The molecule has 11 heteroatoms. The smallest absolute Gasteiger partial charge is 0.229 e. The summed E-state index contributed by atoms with van der Waals surface area (Å²) < 4.78 is 1.99. The highest BCUT2D eigenvalue weighted by molar-refractivity contribution is 7.08. The van der Waals surface area contributed by atoms with Crippen molar-refractivity contribution in [2.75, 3.05) is 36.4 Å². The van der Waals surface area contributed by atoms with Crippen LogP contribution in [0.3, 0.4) is 0 Å². The van der Waals surface area contributed by atoms with Gasteiger partial charge in [-0.05, 0) is 50.3 Å². The molecule has 1 atom stereocenters. The van der Waals surface area contributed by atoms with Gasteiger partial charge in [0, 0.05) is 31.6 Å². The van der Waals surface area contributed by atoms with E-state index in [0.29, 0.717) is 30.4 Å². The molecule has 5 aromatic rings. The van der Waals surface area contributed by atoms with Crippen LogP contribution < -0.4 is 10.2 Å². The van der Waals surface area contributed by atoms with E-state index in [2.05, 4.69) is 36.6 Å². The lowest BCUT2D eigenvalue weighted by atomic mass is 9.96. The first-order valence-corrected chi connectivity index (χ1v) is 14.1. The van der Waals surface area contributed by atoms with Crippen molar-refractivity contribution in [1.82, 2.24) is 34.4 Å². The van der Waals surface area contributed by atoms with Gasteiger partial charge in [0.05, 0.1) is 29.2 Å². The Hall–Kier alpha value is -3.99. The quantitative estimate of drug-likeness (QED) is 0.306. The van der Waals surface area contributed by atoms with Crippen LogP contribution in [0.2, 0.25) is 0 Å². The number of amides is 1. The molecule has 1 unspecified atom stereocenters. The lowest BCUT2D eigenvalue weighted by Gasteiger charge is -2.34. The van der Waals surface area contributed by atoms with Gasteiger partial charge < -0.3 is 20.1 Å². The number of fused-ring (bicyclic) bond motifs is 2. The first-order chi connectivity index (χ1) is 18.6. The molecule has 38 heavy (non-hydrogen) atoms. The van der Waals surface area contributed by atoms with Crippen molar-refractivity contribution in [3.05, 3.63) is 53.2 Å². The predicted molar refractivity (Wildman–Crippen MR) is 151 cm³/mol. The maximum Gasteiger partial charge on any atom is 0.229 e. The molecular formula is C27H31N9OS. The lowest BCUT2D eigenvalue weighted by Crippen LogP contribution is -2.45. The molecule has 1 saturated heterocycles. The molecule has 196 valence electrons. The summed E-state index contributed by atoms with van der Waals surface area (Å²) in [4.78, 5) is 39.8. The van der Waals surface area contributed by atoms with Gasteiger partial charge in [-0.2, -0.15) is 21.3 Å². The number of aromatic amines is 1. The van der Waals surface area contributed by atoms with Crippen LogP contribution in [-0.2, 0) is 11.3 Å². The summed E-state index contributed by atoms with van der Waals surface area (Å²) >= 11 is 1.63. The molecule has 0 saturated carbocycles. The molecule has 1 aromatic carbocycles. The number of rotatable bonds is 8. The third kappa shape index (κ3) is 4.58. The van der Waals surface area contributed by atoms with Gasteiger partial charge in [0.1, 0.15) is 12.2 Å². The van der Waals surface area contributed by atoms with Crippen molar-refractivity contribution < 1.29 is 4.79 Å². The fraction of sp³-hybridized carbons (Fsp3) is 0.370. The minimum atomic E-state index is -0.0586. The van der Waals surface area contributed by atoms with Gasteiger partial charge in [-0.3, -0.25) is 9.36 Å². The molecule has 0 aliphatic carbocycles. The molecule has 4 aromatic heterocycles. The lowest BCUT2D eigenvalue weighted by molar-refractivity contribution is -0.135. The number of hydrogen-bond donors (Lipinski definition) is 2. The zero-order valence-electron chi connectivity index (χ0n) is 21.6. The second-order valence-electron chi connectivity index (χ2n) is 9.49. The number of thiophene rings is 1. The zero-order chi connectivity index (χ0) is 26.1. The zero-order valence-corrected chi connectivity index (χ0v) is 22.4. The van der Waals surface area contributed by atoms with Crippen LogP contribution in [0.25, 0.3) is 27.9 Å². The van der Waals surface area contributed by atoms with Crippen LogP contribution in [0.5, 0.6) is 0 Å². The summed E-state index contributed by atoms with van der Waals surface area (Å²) in [6.45, 7) is 7.40. The van der Waals surface area contributed by atoms with Crippen molar-refractivity contribution in [1.29, 1.82) is 0 Å². The molecule has 0 spiro atoms. The number of piperidine rings is 1. The number of benzene rings is 1. The first-order valence-electron chi connectivity index (χ1n) is 13.1. The summed E-state index contributed by atoms with van der Waals surface area (Å²) in [5.41, 5.74) is 4.37. The van der Waals surface area contributed by atoms with Gasteiger partial charge in [0.25, 0.3) is 0 Å². The standard InChI is InChI=1S/C27H31N9OS/c1-3-34(4-2)26(37)18-8-7-12-35(15-18)27-32-24(28-14-22-30-20-9-5-6-10-21(20)31-22)23-25(33-27)36(17-29-23)19-11-13-38-16-19/h5-6,9-11,13,16-18H,3-4,7-8,12,14-15H2,1-2H3,(H,30,31)(H,28,32,33). The summed E-state index contributed by atoms with van der Waals surface area (Å²) in [6.07, 6.45) is 3.60. The normalized spacial score (nSPS) is 15.8. The molecule has 0 bridgehead atoms. The molecule has 1 aliphatic heterocycles. The van der Waals surface area contributed by atoms with Gasteiger partial charge in [-0.25, -0.2) is 9.97 Å². The third-order valence-electron chi connectivity index (χ3n) is 7.16. The average molecular weight is 530 g/mol. The monoisotopic (exact) mass is 529 g/mol. The van der Waals surface area contributed by atoms with Crippen molar-refractivity contribution in [2.45, 2.75) is 33.2 Å². The van der Waals surface area contributed by atoms with Gasteiger partial charge >= 0.3 is 0 Å². The molecule has 6 rings (SSSR count). The van der Waals surface area contributed by atoms with Crippen LogP contribution in [0.4, 0.5) is 11.8 Å². The van der Waals surface area contributed by atoms with Crippen LogP contribution in [0, 0.1) is 5.92 Å². The Morgan fingerprint density at radius 1 is 1.18 bits per heavy atom. The maximum absolute atomic E-state index is 13.1. The number of anilines is 2. The van der Waals surface area contributed by atoms with Gasteiger partial charge in [0.2, 0.25) is 11.9 Å². The van der Waals surface area contributed by atoms with Crippen molar-refractivity contribution in [3.63, 3.8) is 0 Å². The summed E-state index contributed by atoms with van der Waals surface area (Å²) in [5, 5.41) is 7.57.